The number of hydrogen-bond donors (Lipinski definition) is 1. The van der Waals surface area contributed by atoms with Crippen molar-refractivity contribution < 1.29 is 9.53 Å². The molecule has 0 saturated heterocycles. The minimum Gasteiger partial charge on any atom is -0.441 e. The van der Waals surface area contributed by atoms with Crippen LogP contribution in [0.15, 0.2) is 66.7 Å². The van der Waals surface area contributed by atoms with E-state index in [1.807, 2.05) is 77.7 Å². The van der Waals surface area contributed by atoms with Crippen LogP contribution in [0, 0.1) is 0 Å². The number of rotatable bonds is 5. The number of carbonyl (C=O) groups is 1. The second-order valence-electron chi connectivity index (χ2n) is 7.96. The van der Waals surface area contributed by atoms with Gasteiger partial charge in [0.2, 0.25) is 0 Å². The Morgan fingerprint density at radius 3 is 1.70 bits per heavy atom. The van der Waals surface area contributed by atoms with Gasteiger partial charge in [0.1, 0.15) is 0 Å². The van der Waals surface area contributed by atoms with Gasteiger partial charge >= 0.3 is 5.97 Å². The summed E-state index contributed by atoms with van der Waals surface area (Å²) in [5.41, 5.74) is 5.39. The monoisotopic (exact) mass is 401 g/mol. The topological polar surface area (TPSA) is 44.8 Å². The number of nitrogens with zero attached hydrogens (tertiary/aromatic N) is 2. The third-order valence-electron chi connectivity index (χ3n) is 5.73. The molecule has 0 fully saturated rings. The Balaban J connectivity index is 1.94. The predicted molar refractivity (Wildman–Crippen MR) is 123 cm³/mol. The largest absolute Gasteiger partial charge is 0.441 e. The Bertz CT molecular complexity index is 1020. The van der Waals surface area contributed by atoms with E-state index in [0.717, 1.165) is 33.8 Å². The Labute approximate surface area is 177 Å². The molecule has 0 spiro atoms. The summed E-state index contributed by atoms with van der Waals surface area (Å²) in [6, 6.07) is 22.2. The van der Waals surface area contributed by atoms with Crippen LogP contribution in [0.2, 0.25) is 0 Å². The zero-order valence-corrected chi connectivity index (χ0v) is 18.1. The highest BCUT2D eigenvalue weighted by Crippen LogP contribution is 2.48. The Morgan fingerprint density at radius 1 is 0.767 bits per heavy atom. The molecular weight excluding hydrogens is 374 g/mol. The van der Waals surface area contributed by atoms with Gasteiger partial charge in [0, 0.05) is 69.0 Å². The van der Waals surface area contributed by atoms with Crippen LogP contribution in [0.4, 0.5) is 17.1 Å². The molecule has 4 rings (SSSR count). The fraction of sp³-hybridized carbons (Fsp3) is 0.240. The first-order valence-electron chi connectivity index (χ1n) is 9.98. The van der Waals surface area contributed by atoms with Gasteiger partial charge in [0.25, 0.3) is 0 Å². The van der Waals surface area contributed by atoms with Crippen molar-refractivity contribution in [1.29, 1.82) is 0 Å². The SMILES string of the molecule is CNc1ccc2c(c1)C(=O)OC2(c1ccc(N(C)C)cc1)c1ccc(N(C)C)cc1. The minimum atomic E-state index is -0.978. The van der Waals surface area contributed by atoms with Gasteiger partial charge in [-0.2, -0.15) is 0 Å². The van der Waals surface area contributed by atoms with Gasteiger partial charge in [-0.05, 0) is 36.4 Å². The molecule has 5 heteroatoms. The van der Waals surface area contributed by atoms with Crippen LogP contribution in [-0.2, 0) is 10.3 Å². The fourth-order valence-corrected chi connectivity index (χ4v) is 4.01. The Morgan fingerprint density at radius 2 is 1.27 bits per heavy atom. The molecule has 1 aliphatic rings. The van der Waals surface area contributed by atoms with Crippen molar-refractivity contribution in [2.45, 2.75) is 5.60 Å². The van der Waals surface area contributed by atoms with Gasteiger partial charge in [-0.25, -0.2) is 4.79 Å². The summed E-state index contributed by atoms with van der Waals surface area (Å²) < 4.78 is 6.20. The summed E-state index contributed by atoms with van der Waals surface area (Å²) in [7, 11) is 9.88. The van der Waals surface area contributed by atoms with E-state index in [1.54, 1.807) is 0 Å². The minimum absolute atomic E-state index is 0.310. The molecule has 3 aromatic rings. The molecule has 0 amide bonds. The van der Waals surface area contributed by atoms with E-state index >= 15 is 0 Å². The third kappa shape index (κ3) is 3.07. The molecule has 0 radical (unpaired) electrons. The van der Waals surface area contributed by atoms with Crippen molar-refractivity contribution in [2.24, 2.45) is 0 Å². The van der Waals surface area contributed by atoms with Crippen molar-refractivity contribution in [1.82, 2.24) is 0 Å². The molecule has 154 valence electrons. The molecule has 0 aliphatic carbocycles. The number of hydrogen-bond acceptors (Lipinski definition) is 5. The van der Waals surface area contributed by atoms with Crippen LogP contribution in [0.1, 0.15) is 27.0 Å². The third-order valence-corrected chi connectivity index (χ3v) is 5.73. The maximum Gasteiger partial charge on any atom is 0.340 e. The summed E-state index contributed by atoms with van der Waals surface area (Å²) in [5, 5.41) is 3.11. The second-order valence-corrected chi connectivity index (χ2v) is 7.96. The lowest BCUT2D eigenvalue weighted by atomic mass is 9.79. The maximum absolute atomic E-state index is 13.0. The van der Waals surface area contributed by atoms with E-state index < -0.39 is 5.60 Å². The molecule has 3 aromatic carbocycles. The smallest absolute Gasteiger partial charge is 0.340 e. The molecule has 1 N–H and O–H groups in total. The van der Waals surface area contributed by atoms with Crippen LogP contribution < -0.4 is 15.1 Å². The number of ether oxygens (including phenoxy) is 1. The molecule has 0 saturated carbocycles. The average Bonchev–Trinajstić information content (AvgIpc) is 3.06. The van der Waals surface area contributed by atoms with Crippen molar-refractivity contribution in [3.63, 3.8) is 0 Å². The lowest BCUT2D eigenvalue weighted by Gasteiger charge is -2.31. The van der Waals surface area contributed by atoms with E-state index in [4.69, 9.17) is 4.74 Å². The van der Waals surface area contributed by atoms with E-state index in [1.165, 1.54) is 0 Å². The standard InChI is InChI=1S/C25H27N3O2/c1-26-19-10-15-23-22(16-19)24(29)30-25(23,17-6-11-20(12-7-17)27(2)3)18-8-13-21(14-9-18)28(4)5/h6-16,26H,1-5H3. The molecule has 1 aliphatic heterocycles. The lowest BCUT2D eigenvalue weighted by molar-refractivity contribution is 0.0251. The molecule has 0 unspecified atom stereocenters. The van der Waals surface area contributed by atoms with Gasteiger partial charge in [-0.1, -0.05) is 30.3 Å². The number of carbonyl (C=O) groups excluding carboxylic acids is 1. The lowest BCUT2D eigenvalue weighted by Crippen LogP contribution is -2.29. The van der Waals surface area contributed by atoms with Crippen molar-refractivity contribution in [2.75, 3.05) is 50.4 Å². The number of benzene rings is 3. The molecule has 0 aromatic heterocycles. The molecular formula is C25H27N3O2. The zero-order chi connectivity index (χ0) is 21.5. The number of nitrogens with one attached hydrogen (secondary N) is 1. The summed E-state index contributed by atoms with van der Waals surface area (Å²) >= 11 is 0. The summed E-state index contributed by atoms with van der Waals surface area (Å²) in [6.07, 6.45) is 0. The zero-order valence-electron chi connectivity index (χ0n) is 18.1. The highest BCUT2D eigenvalue weighted by molar-refractivity contribution is 5.97. The summed E-state index contributed by atoms with van der Waals surface area (Å²) in [4.78, 5) is 17.1. The second kappa shape index (κ2) is 7.41. The highest BCUT2D eigenvalue weighted by atomic mass is 16.6. The van der Waals surface area contributed by atoms with Crippen LogP contribution >= 0.6 is 0 Å². The molecule has 30 heavy (non-hydrogen) atoms. The Kier molecular flexibility index (Phi) is 4.90. The number of cyclic esters (lactones) is 1. The first-order chi connectivity index (χ1) is 14.4. The molecule has 0 bridgehead atoms. The van der Waals surface area contributed by atoms with Crippen LogP contribution in [0.3, 0.4) is 0 Å². The maximum atomic E-state index is 13.0. The van der Waals surface area contributed by atoms with Gasteiger partial charge in [0.15, 0.2) is 5.60 Å². The van der Waals surface area contributed by atoms with Crippen molar-refractivity contribution >= 4 is 23.0 Å². The van der Waals surface area contributed by atoms with Gasteiger partial charge < -0.3 is 19.9 Å². The van der Waals surface area contributed by atoms with Crippen molar-refractivity contribution in [3.05, 3.63) is 89.0 Å². The van der Waals surface area contributed by atoms with E-state index in [0.29, 0.717) is 5.56 Å². The quantitative estimate of drug-likeness (QED) is 0.645. The number of esters is 1. The summed E-state index contributed by atoms with van der Waals surface area (Å²) in [5.74, 6) is -0.310. The predicted octanol–water partition coefficient (Wildman–Crippen LogP) is 4.32. The first-order valence-corrected chi connectivity index (χ1v) is 9.98. The number of anilines is 3. The van der Waals surface area contributed by atoms with Gasteiger partial charge in [-0.15, -0.1) is 0 Å². The summed E-state index contributed by atoms with van der Waals surface area (Å²) in [6.45, 7) is 0. The van der Waals surface area contributed by atoms with E-state index in [-0.39, 0.29) is 5.97 Å². The average molecular weight is 402 g/mol. The van der Waals surface area contributed by atoms with Crippen LogP contribution in [0.25, 0.3) is 0 Å². The Hall–Kier alpha value is -3.47. The molecule has 0 atom stereocenters. The van der Waals surface area contributed by atoms with Crippen LogP contribution in [0.5, 0.6) is 0 Å². The number of fused-ring (bicyclic) bond motifs is 1. The highest BCUT2D eigenvalue weighted by Gasteiger charge is 2.48. The molecule has 5 nitrogen and oxygen atoms in total. The van der Waals surface area contributed by atoms with E-state index in [9.17, 15) is 4.79 Å². The molecule has 1 heterocycles. The fourth-order valence-electron chi connectivity index (χ4n) is 4.01. The normalized spacial score (nSPS) is 14.1. The van der Waals surface area contributed by atoms with Crippen LogP contribution in [-0.4, -0.2) is 41.2 Å². The van der Waals surface area contributed by atoms with Gasteiger partial charge in [0.05, 0.1) is 5.56 Å². The van der Waals surface area contributed by atoms with Gasteiger partial charge in [-0.3, -0.25) is 0 Å². The van der Waals surface area contributed by atoms with Crippen molar-refractivity contribution in [3.8, 4) is 0 Å². The van der Waals surface area contributed by atoms with E-state index in [2.05, 4.69) is 39.4 Å². The first kappa shape index (κ1) is 19.8.